The summed E-state index contributed by atoms with van der Waals surface area (Å²) in [5, 5.41) is 14.0. The maximum atomic E-state index is 12.5. The molecule has 2 aromatic carbocycles. The molecule has 0 fully saturated rings. The first kappa shape index (κ1) is 15.6. The van der Waals surface area contributed by atoms with Gasteiger partial charge in [0.1, 0.15) is 5.58 Å². The molecule has 5 heteroatoms. The molecule has 0 aliphatic heterocycles. The van der Waals surface area contributed by atoms with Crippen molar-refractivity contribution in [3.63, 3.8) is 0 Å². The first-order chi connectivity index (χ1) is 11.0. The molecule has 0 radical (unpaired) electrons. The molecule has 1 heterocycles. The topological polar surface area (TPSA) is 62.5 Å². The van der Waals surface area contributed by atoms with E-state index in [0.29, 0.717) is 21.9 Å². The number of furan rings is 1. The maximum absolute atomic E-state index is 12.5. The van der Waals surface area contributed by atoms with Crippen LogP contribution in [-0.4, -0.2) is 11.0 Å². The molecule has 0 spiro atoms. The number of hydrogen-bond acceptors (Lipinski definition) is 3. The highest BCUT2D eigenvalue weighted by molar-refractivity contribution is 6.31. The van der Waals surface area contributed by atoms with E-state index in [1.165, 1.54) is 0 Å². The van der Waals surface area contributed by atoms with Crippen molar-refractivity contribution in [2.75, 3.05) is 5.32 Å². The van der Waals surface area contributed by atoms with Gasteiger partial charge in [-0.1, -0.05) is 29.8 Å². The summed E-state index contributed by atoms with van der Waals surface area (Å²) in [6.45, 7) is 3.47. The molecule has 1 atom stereocenters. The first-order valence-electron chi connectivity index (χ1n) is 7.24. The lowest BCUT2D eigenvalue weighted by Crippen LogP contribution is -2.14. The fraction of sp³-hybridized carbons (Fsp3) is 0.167. The van der Waals surface area contributed by atoms with Crippen LogP contribution in [0.2, 0.25) is 5.02 Å². The molecular formula is C18H16ClNO3. The second-order valence-corrected chi connectivity index (χ2v) is 5.85. The normalized spacial score (nSPS) is 12.3. The van der Waals surface area contributed by atoms with E-state index in [2.05, 4.69) is 5.32 Å². The molecular weight excluding hydrogens is 314 g/mol. The number of carbonyl (C=O) groups is 1. The average molecular weight is 330 g/mol. The summed E-state index contributed by atoms with van der Waals surface area (Å²) < 4.78 is 5.65. The highest BCUT2D eigenvalue weighted by atomic mass is 35.5. The molecule has 1 amide bonds. The van der Waals surface area contributed by atoms with Gasteiger partial charge in [0.2, 0.25) is 0 Å². The van der Waals surface area contributed by atoms with Gasteiger partial charge in [0.15, 0.2) is 5.76 Å². The number of anilines is 1. The Morgan fingerprint density at radius 2 is 2.00 bits per heavy atom. The molecule has 118 valence electrons. The van der Waals surface area contributed by atoms with Gasteiger partial charge < -0.3 is 14.8 Å². The van der Waals surface area contributed by atoms with E-state index >= 15 is 0 Å². The Kier molecular flexibility index (Phi) is 4.11. The molecule has 3 aromatic rings. The Morgan fingerprint density at radius 3 is 2.74 bits per heavy atom. The fourth-order valence-corrected chi connectivity index (χ4v) is 2.74. The Labute approximate surface area is 138 Å². The number of aliphatic hydroxyl groups excluding tert-OH is 1. The summed E-state index contributed by atoms with van der Waals surface area (Å²) in [6.07, 6.45) is -0.679. The van der Waals surface area contributed by atoms with Crippen molar-refractivity contribution >= 4 is 34.2 Å². The van der Waals surface area contributed by atoms with Gasteiger partial charge in [-0.15, -0.1) is 0 Å². The smallest absolute Gasteiger partial charge is 0.291 e. The van der Waals surface area contributed by atoms with Crippen LogP contribution in [0.1, 0.15) is 34.7 Å². The van der Waals surface area contributed by atoms with Crippen LogP contribution in [0.5, 0.6) is 0 Å². The second kappa shape index (κ2) is 6.07. The van der Waals surface area contributed by atoms with Crippen LogP contribution in [-0.2, 0) is 0 Å². The Morgan fingerprint density at radius 1 is 1.26 bits per heavy atom. The molecule has 1 aromatic heterocycles. The molecule has 0 aliphatic carbocycles. The number of benzene rings is 2. The van der Waals surface area contributed by atoms with Gasteiger partial charge in [0.05, 0.1) is 6.10 Å². The van der Waals surface area contributed by atoms with Crippen LogP contribution in [0.15, 0.2) is 46.9 Å². The third kappa shape index (κ3) is 2.96. The first-order valence-corrected chi connectivity index (χ1v) is 7.62. The predicted octanol–water partition coefficient (Wildman–Crippen LogP) is 4.70. The number of carbonyl (C=O) groups excluding carboxylic acids is 1. The van der Waals surface area contributed by atoms with Gasteiger partial charge in [-0.25, -0.2) is 0 Å². The van der Waals surface area contributed by atoms with Gasteiger partial charge in [-0.2, -0.15) is 0 Å². The van der Waals surface area contributed by atoms with E-state index in [-0.39, 0.29) is 11.7 Å². The van der Waals surface area contributed by atoms with Crippen LogP contribution in [0.4, 0.5) is 5.69 Å². The van der Waals surface area contributed by atoms with Gasteiger partial charge in [0, 0.05) is 27.2 Å². The van der Waals surface area contributed by atoms with Gasteiger partial charge >= 0.3 is 0 Å². The van der Waals surface area contributed by atoms with E-state index in [4.69, 9.17) is 16.0 Å². The van der Waals surface area contributed by atoms with Crippen LogP contribution < -0.4 is 5.32 Å². The van der Waals surface area contributed by atoms with Crippen molar-refractivity contribution < 1.29 is 14.3 Å². The fourth-order valence-electron chi connectivity index (χ4n) is 2.56. The number of fused-ring (bicyclic) bond motifs is 1. The highest BCUT2D eigenvalue weighted by Gasteiger charge is 2.19. The Balaban J connectivity index is 1.97. The number of rotatable bonds is 3. The lowest BCUT2D eigenvalue weighted by molar-refractivity contribution is 0.0997. The van der Waals surface area contributed by atoms with Crippen molar-refractivity contribution in [3.8, 4) is 0 Å². The molecule has 0 saturated carbocycles. The number of nitrogens with one attached hydrogen (secondary N) is 1. The summed E-state index contributed by atoms with van der Waals surface area (Å²) >= 11 is 5.99. The number of hydrogen-bond donors (Lipinski definition) is 2. The minimum absolute atomic E-state index is 0.239. The second-order valence-electron chi connectivity index (χ2n) is 5.41. The summed E-state index contributed by atoms with van der Waals surface area (Å²) in [7, 11) is 0. The Hall–Kier alpha value is -2.30. The summed E-state index contributed by atoms with van der Waals surface area (Å²) in [4.78, 5) is 12.5. The minimum atomic E-state index is -0.679. The maximum Gasteiger partial charge on any atom is 0.291 e. The lowest BCUT2D eigenvalue weighted by atomic mass is 10.1. The summed E-state index contributed by atoms with van der Waals surface area (Å²) in [5.41, 5.74) is 2.55. The van der Waals surface area contributed by atoms with Gasteiger partial charge in [-0.05, 0) is 38.1 Å². The van der Waals surface area contributed by atoms with Crippen molar-refractivity contribution in [3.05, 3.63) is 64.4 Å². The summed E-state index contributed by atoms with van der Waals surface area (Å²) in [6, 6.07) is 12.4. The third-order valence-electron chi connectivity index (χ3n) is 3.76. The molecule has 23 heavy (non-hydrogen) atoms. The zero-order valence-corrected chi connectivity index (χ0v) is 13.5. The molecule has 1 unspecified atom stereocenters. The van der Waals surface area contributed by atoms with E-state index in [0.717, 1.165) is 10.9 Å². The number of para-hydroxylation sites is 1. The van der Waals surface area contributed by atoms with E-state index in [1.807, 2.05) is 13.0 Å². The quantitative estimate of drug-likeness (QED) is 0.732. The van der Waals surface area contributed by atoms with Crippen LogP contribution in [0.25, 0.3) is 11.0 Å². The SMILES string of the molecule is Cc1c(C(=O)Nc2ccccc2C(C)O)oc2ccc(Cl)cc12. The minimum Gasteiger partial charge on any atom is -0.451 e. The van der Waals surface area contributed by atoms with Crippen LogP contribution in [0, 0.1) is 6.92 Å². The molecule has 0 saturated heterocycles. The molecule has 0 bridgehead atoms. The van der Waals surface area contributed by atoms with Crippen molar-refractivity contribution in [1.82, 2.24) is 0 Å². The van der Waals surface area contributed by atoms with Crippen molar-refractivity contribution in [2.24, 2.45) is 0 Å². The van der Waals surface area contributed by atoms with Crippen molar-refractivity contribution in [2.45, 2.75) is 20.0 Å². The number of aryl methyl sites for hydroxylation is 1. The van der Waals surface area contributed by atoms with Crippen molar-refractivity contribution in [1.29, 1.82) is 0 Å². The largest absolute Gasteiger partial charge is 0.451 e. The monoisotopic (exact) mass is 329 g/mol. The zero-order chi connectivity index (χ0) is 16.6. The average Bonchev–Trinajstić information content (AvgIpc) is 2.84. The predicted molar refractivity (Wildman–Crippen MR) is 91.0 cm³/mol. The molecule has 2 N–H and O–H groups in total. The third-order valence-corrected chi connectivity index (χ3v) is 4.00. The van der Waals surface area contributed by atoms with Gasteiger partial charge in [0.25, 0.3) is 5.91 Å². The summed E-state index contributed by atoms with van der Waals surface area (Å²) in [5.74, 6) is -0.120. The molecule has 0 aliphatic rings. The standard InChI is InChI=1S/C18H16ClNO3/c1-10-14-9-12(19)7-8-16(14)23-17(10)18(22)20-15-6-4-3-5-13(15)11(2)21/h3-9,11,21H,1-2H3,(H,20,22). The molecule has 3 rings (SSSR count). The molecule has 4 nitrogen and oxygen atoms in total. The van der Waals surface area contributed by atoms with E-state index in [1.54, 1.807) is 43.3 Å². The number of aliphatic hydroxyl groups is 1. The number of halogens is 1. The lowest BCUT2D eigenvalue weighted by Gasteiger charge is -2.12. The van der Waals surface area contributed by atoms with Crippen LogP contribution >= 0.6 is 11.6 Å². The highest BCUT2D eigenvalue weighted by Crippen LogP contribution is 2.29. The number of amides is 1. The van der Waals surface area contributed by atoms with Crippen LogP contribution in [0.3, 0.4) is 0 Å². The van der Waals surface area contributed by atoms with E-state index in [9.17, 15) is 9.90 Å². The Bertz CT molecular complexity index is 883. The van der Waals surface area contributed by atoms with E-state index < -0.39 is 6.10 Å². The zero-order valence-electron chi connectivity index (χ0n) is 12.8. The van der Waals surface area contributed by atoms with Gasteiger partial charge in [-0.3, -0.25) is 4.79 Å².